The van der Waals surface area contributed by atoms with Crippen molar-refractivity contribution in [3.05, 3.63) is 34.7 Å². The summed E-state index contributed by atoms with van der Waals surface area (Å²) in [5.41, 5.74) is 0.885. The fraction of sp³-hybridized carbons (Fsp3) is 0.353. The number of ether oxygens (including phenoxy) is 2. The lowest BCUT2D eigenvalue weighted by Crippen LogP contribution is -2.29. The number of hydrogen-bond acceptors (Lipinski definition) is 6. The molecule has 1 aromatic carbocycles. The van der Waals surface area contributed by atoms with Gasteiger partial charge in [-0.1, -0.05) is 36.1 Å². The zero-order chi connectivity index (χ0) is 17.5. The van der Waals surface area contributed by atoms with Crippen LogP contribution >= 0.6 is 24.0 Å². The molecule has 7 heteroatoms. The summed E-state index contributed by atoms with van der Waals surface area (Å²) in [7, 11) is 1.35. The van der Waals surface area contributed by atoms with E-state index in [9.17, 15) is 9.59 Å². The maximum absolute atomic E-state index is 12.5. The highest BCUT2D eigenvalue weighted by molar-refractivity contribution is 8.26. The second kappa shape index (κ2) is 8.84. The molecular weight excluding hydrogens is 346 g/mol. The molecule has 1 saturated heterocycles. The highest BCUT2D eigenvalue weighted by atomic mass is 32.2. The lowest BCUT2D eigenvalue weighted by Gasteiger charge is -2.13. The summed E-state index contributed by atoms with van der Waals surface area (Å²) in [6.07, 6.45) is 2.59. The molecule has 0 bridgehead atoms. The number of carbonyl (C=O) groups excluding carboxylic acids is 2. The van der Waals surface area contributed by atoms with E-state index >= 15 is 0 Å². The maximum atomic E-state index is 12.5. The topological polar surface area (TPSA) is 55.8 Å². The second-order valence-corrected chi connectivity index (χ2v) is 6.69. The lowest BCUT2D eigenvalue weighted by molar-refractivity contribution is -0.141. The van der Waals surface area contributed by atoms with Gasteiger partial charge in [0.2, 0.25) is 0 Å². The Balaban J connectivity index is 2.04. The SMILES string of the molecule is CCOc1cccc(/C=C2/SC(=S)N(CCCC(=O)OC)C2=O)c1. The average Bonchev–Trinajstić information content (AvgIpc) is 2.82. The predicted octanol–water partition coefficient (Wildman–Crippen LogP) is 3.24. The monoisotopic (exact) mass is 365 g/mol. The van der Waals surface area contributed by atoms with Gasteiger partial charge in [-0.05, 0) is 37.1 Å². The Labute approximate surface area is 151 Å². The molecule has 1 aliphatic rings. The van der Waals surface area contributed by atoms with Crippen molar-refractivity contribution in [2.24, 2.45) is 0 Å². The van der Waals surface area contributed by atoms with Crippen molar-refractivity contribution in [1.82, 2.24) is 4.90 Å². The fourth-order valence-corrected chi connectivity index (χ4v) is 3.50. The summed E-state index contributed by atoms with van der Waals surface area (Å²) in [6.45, 7) is 2.92. The Morgan fingerprint density at radius 1 is 1.42 bits per heavy atom. The van der Waals surface area contributed by atoms with Crippen molar-refractivity contribution >= 4 is 46.3 Å². The van der Waals surface area contributed by atoms with Crippen molar-refractivity contribution in [1.29, 1.82) is 0 Å². The number of thiocarbonyl (C=S) groups is 1. The third kappa shape index (κ3) is 4.82. The third-order valence-corrected chi connectivity index (χ3v) is 4.71. The zero-order valence-electron chi connectivity index (χ0n) is 13.6. The summed E-state index contributed by atoms with van der Waals surface area (Å²) in [4.78, 5) is 25.7. The average molecular weight is 365 g/mol. The second-order valence-electron chi connectivity index (χ2n) is 5.02. The number of hydrogen-bond donors (Lipinski definition) is 0. The van der Waals surface area contributed by atoms with Gasteiger partial charge in [0.15, 0.2) is 0 Å². The van der Waals surface area contributed by atoms with Gasteiger partial charge in [-0.25, -0.2) is 0 Å². The number of methoxy groups -OCH3 is 1. The molecule has 0 N–H and O–H groups in total. The third-order valence-electron chi connectivity index (χ3n) is 3.33. The van der Waals surface area contributed by atoms with Crippen LogP contribution in [0.3, 0.4) is 0 Å². The van der Waals surface area contributed by atoms with Crippen LogP contribution in [0.25, 0.3) is 6.08 Å². The Kier molecular flexibility index (Phi) is 6.81. The fourth-order valence-electron chi connectivity index (χ4n) is 2.19. The molecule has 0 aromatic heterocycles. The number of amides is 1. The highest BCUT2D eigenvalue weighted by Gasteiger charge is 2.31. The van der Waals surface area contributed by atoms with E-state index in [4.69, 9.17) is 17.0 Å². The summed E-state index contributed by atoms with van der Waals surface area (Å²) >= 11 is 6.54. The Morgan fingerprint density at radius 2 is 2.21 bits per heavy atom. The number of thioether (sulfide) groups is 1. The van der Waals surface area contributed by atoms with Crippen molar-refractivity contribution < 1.29 is 19.1 Å². The van der Waals surface area contributed by atoms with Crippen molar-refractivity contribution in [3.63, 3.8) is 0 Å². The Hall–Kier alpha value is -1.86. The number of carbonyl (C=O) groups is 2. The molecule has 1 aromatic rings. The minimum Gasteiger partial charge on any atom is -0.494 e. The van der Waals surface area contributed by atoms with Crippen molar-refractivity contribution in [3.8, 4) is 5.75 Å². The minimum atomic E-state index is -0.288. The summed E-state index contributed by atoms with van der Waals surface area (Å²) in [5, 5.41) is 0. The van der Waals surface area contributed by atoms with Gasteiger partial charge >= 0.3 is 5.97 Å². The first-order valence-electron chi connectivity index (χ1n) is 7.60. The van der Waals surface area contributed by atoms with Gasteiger partial charge in [0.05, 0.1) is 18.6 Å². The van der Waals surface area contributed by atoms with Gasteiger partial charge in [0.25, 0.3) is 5.91 Å². The molecule has 5 nitrogen and oxygen atoms in total. The molecule has 128 valence electrons. The van der Waals surface area contributed by atoms with Gasteiger partial charge in [-0.3, -0.25) is 14.5 Å². The van der Waals surface area contributed by atoms with Gasteiger partial charge in [0, 0.05) is 13.0 Å². The molecule has 0 aliphatic carbocycles. The van der Waals surface area contributed by atoms with Crippen LogP contribution in [0.5, 0.6) is 5.75 Å². The molecule has 1 aliphatic heterocycles. The Morgan fingerprint density at radius 3 is 2.92 bits per heavy atom. The van der Waals surface area contributed by atoms with Crippen LogP contribution in [0.4, 0.5) is 0 Å². The molecular formula is C17H19NO4S2. The summed E-state index contributed by atoms with van der Waals surface area (Å²) < 4.78 is 10.6. The molecule has 1 heterocycles. The van der Waals surface area contributed by atoms with E-state index in [1.165, 1.54) is 23.8 Å². The van der Waals surface area contributed by atoms with E-state index < -0.39 is 0 Å². The highest BCUT2D eigenvalue weighted by Crippen LogP contribution is 2.33. The van der Waals surface area contributed by atoms with Crippen LogP contribution in [-0.4, -0.2) is 41.4 Å². The van der Waals surface area contributed by atoms with Gasteiger partial charge in [-0.15, -0.1) is 0 Å². The normalized spacial score (nSPS) is 15.9. The maximum Gasteiger partial charge on any atom is 0.305 e. The van der Waals surface area contributed by atoms with Crippen LogP contribution in [0, 0.1) is 0 Å². The van der Waals surface area contributed by atoms with Gasteiger partial charge in [-0.2, -0.15) is 0 Å². The first-order valence-corrected chi connectivity index (χ1v) is 8.82. The van der Waals surface area contributed by atoms with E-state index in [-0.39, 0.29) is 18.3 Å². The largest absolute Gasteiger partial charge is 0.494 e. The smallest absolute Gasteiger partial charge is 0.305 e. The van der Waals surface area contributed by atoms with E-state index in [0.717, 1.165) is 11.3 Å². The number of nitrogens with zero attached hydrogens (tertiary/aromatic N) is 1. The predicted molar refractivity (Wildman–Crippen MR) is 98.7 cm³/mol. The van der Waals surface area contributed by atoms with Crippen LogP contribution in [0.2, 0.25) is 0 Å². The molecule has 0 saturated carbocycles. The molecule has 0 spiro atoms. The number of benzene rings is 1. The molecule has 24 heavy (non-hydrogen) atoms. The van der Waals surface area contributed by atoms with E-state index in [0.29, 0.717) is 28.8 Å². The Bertz CT molecular complexity index is 672. The zero-order valence-corrected chi connectivity index (χ0v) is 15.2. The molecule has 2 rings (SSSR count). The quantitative estimate of drug-likeness (QED) is 0.420. The molecule has 1 fully saturated rings. The molecule has 1 amide bonds. The first kappa shape index (κ1) is 18.5. The van der Waals surface area contributed by atoms with Gasteiger partial charge < -0.3 is 9.47 Å². The number of rotatable bonds is 7. The standard InChI is InChI=1S/C17H19NO4S2/c1-3-22-13-7-4-6-12(10-13)11-14-16(20)18(17(23)24-14)9-5-8-15(19)21-2/h4,6-7,10-11H,3,5,8-9H2,1-2H3/b14-11+. The van der Waals surface area contributed by atoms with E-state index in [1.54, 1.807) is 0 Å². The van der Waals surface area contributed by atoms with Crippen LogP contribution in [0.15, 0.2) is 29.2 Å². The summed E-state index contributed by atoms with van der Waals surface area (Å²) in [6, 6.07) is 7.55. The van der Waals surface area contributed by atoms with Gasteiger partial charge in [0.1, 0.15) is 10.1 Å². The first-order chi connectivity index (χ1) is 11.5. The van der Waals surface area contributed by atoms with Crippen molar-refractivity contribution in [2.45, 2.75) is 19.8 Å². The van der Waals surface area contributed by atoms with Crippen LogP contribution in [-0.2, 0) is 14.3 Å². The van der Waals surface area contributed by atoms with Crippen molar-refractivity contribution in [2.75, 3.05) is 20.3 Å². The summed E-state index contributed by atoms with van der Waals surface area (Å²) in [5.74, 6) is 0.347. The lowest BCUT2D eigenvalue weighted by atomic mass is 10.2. The molecule has 0 unspecified atom stereocenters. The molecule has 0 radical (unpaired) electrons. The van der Waals surface area contributed by atoms with E-state index in [1.807, 2.05) is 37.3 Å². The molecule has 0 atom stereocenters. The minimum absolute atomic E-state index is 0.128. The number of esters is 1. The van der Waals surface area contributed by atoms with Crippen LogP contribution < -0.4 is 4.74 Å². The van der Waals surface area contributed by atoms with Crippen LogP contribution in [0.1, 0.15) is 25.3 Å². The van der Waals surface area contributed by atoms with E-state index in [2.05, 4.69) is 4.74 Å².